The molecule has 23 heavy (non-hydrogen) atoms. The van der Waals surface area contributed by atoms with Crippen molar-refractivity contribution in [3.63, 3.8) is 0 Å². The zero-order chi connectivity index (χ0) is 16.6. The van der Waals surface area contributed by atoms with Gasteiger partial charge in [0.25, 0.3) is 0 Å². The first kappa shape index (κ1) is 15.3. The van der Waals surface area contributed by atoms with Crippen LogP contribution in [0.4, 0.5) is 5.69 Å². The van der Waals surface area contributed by atoms with Crippen molar-refractivity contribution in [3.8, 4) is 11.1 Å². The Hall–Kier alpha value is -2.56. The Balaban J connectivity index is 2.10. The molecule has 2 heterocycles. The minimum absolute atomic E-state index is 0.311. The van der Waals surface area contributed by atoms with Crippen molar-refractivity contribution in [2.75, 3.05) is 11.4 Å². The van der Waals surface area contributed by atoms with Gasteiger partial charge in [-0.25, -0.2) is 9.59 Å². The fourth-order valence-electron chi connectivity index (χ4n) is 3.13. The molecule has 0 saturated heterocycles. The Bertz CT molecular complexity index is 807. The maximum Gasteiger partial charge on any atom is 0.372 e. The summed E-state index contributed by atoms with van der Waals surface area (Å²) in [5.41, 5.74) is 2.93. The number of rotatable bonds is 3. The summed E-state index contributed by atoms with van der Waals surface area (Å²) in [5, 5.41) is 9.26. The SMILES string of the molecule is CC(C)N1CCCc2cc(-c3ccc(=O)oc3C(=O)O)ccc21. The first-order chi connectivity index (χ1) is 11.0. The number of anilines is 1. The summed E-state index contributed by atoms with van der Waals surface area (Å²) in [6.07, 6.45) is 2.04. The summed E-state index contributed by atoms with van der Waals surface area (Å²) in [4.78, 5) is 25.0. The topological polar surface area (TPSA) is 70.8 Å². The van der Waals surface area contributed by atoms with Crippen LogP contribution in [0.1, 0.15) is 36.4 Å². The van der Waals surface area contributed by atoms with Crippen molar-refractivity contribution >= 4 is 11.7 Å². The van der Waals surface area contributed by atoms with Crippen molar-refractivity contribution < 1.29 is 14.3 Å². The quantitative estimate of drug-likeness (QED) is 0.942. The molecule has 1 aromatic carbocycles. The largest absolute Gasteiger partial charge is 0.475 e. The maximum atomic E-state index is 11.3. The fraction of sp³-hybridized carbons (Fsp3) is 0.333. The smallest absolute Gasteiger partial charge is 0.372 e. The Kier molecular flexibility index (Phi) is 3.94. The monoisotopic (exact) mass is 313 g/mol. The van der Waals surface area contributed by atoms with Crippen LogP contribution in [0.25, 0.3) is 11.1 Å². The molecule has 1 aliphatic heterocycles. The van der Waals surface area contributed by atoms with Gasteiger partial charge in [0.15, 0.2) is 0 Å². The average Bonchev–Trinajstić information content (AvgIpc) is 2.53. The molecule has 5 heteroatoms. The predicted octanol–water partition coefficient (Wildman–Crippen LogP) is 3.17. The minimum atomic E-state index is -1.24. The van der Waals surface area contributed by atoms with Gasteiger partial charge in [-0.05, 0) is 56.0 Å². The number of carboxylic acid groups (broad SMARTS) is 1. The van der Waals surface area contributed by atoms with Gasteiger partial charge in [0.2, 0.25) is 5.76 Å². The van der Waals surface area contributed by atoms with E-state index in [4.69, 9.17) is 4.42 Å². The molecule has 1 N–H and O–H groups in total. The Morgan fingerprint density at radius 1 is 1.26 bits per heavy atom. The highest BCUT2D eigenvalue weighted by atomic mass is 16.4. The molecular weight excluding hydrogens is 294 g/mol. The molecule has 0 radical (unpaired) electrons. The van der Waals surface area contributed by atoms with Crippen molar-refractivity contribution in [1.29, 1.82) is 0 Å². The molecule has 5 nitrogen and oxygen atoms in total. The van der Waals surface area contributed by atoms with Crippen molar-refractivity contribution in [2.24, 2.45) is 0 Å². The molecule has 0 spiro atoms. The van der Waals surface area contributed by atoms with Crippen LogP contribution in [-0.4, -0.2) is 23.7 Å². The van der Waals surface area contributed by atoms with Gasteiger partial charge in [0, 0.05) is 29.9 Å². The van der Waals surface area contributed by atoms with E-state index in [1.54, 1.807) is 0 Å². The molecule has 120 valence electrons. The zero-order valence-corrected chi connectivity index (χ0v) is 13.2. The second-order valence-electron chi connectivity index (χ2n) is 6.04. The van der Waals surface area contributed by atoms with Gasteiger partial charge in [-0.1, -0.05) is 6.07 Å². The summed E-state index contributed by atoms with van der Waals surface area (Å²) in [7, 11) is 0. The van der Waals surface area contributed by atoms with Gasteiger partial charge in [-0.15, -0.1) is 0 Å². The number of hydrogen-bond acceptors (Lipinski definition) is 4. The van der Waals surface area contributed by atoms with Crippen LogP contribution in [0, 0.1) is 0 Å². The van der Waals surface area contributed by atoms with Gasteiger partial charge >= 0.3 is 11.6 Å². The fourth-order valence-corrected chi connectivity index (χ4v) is 3.13. The maximum absolute atomic E-state index is 11.3. The van der Waals surface area contributed by atoms with Gasteiger partial charge in [-0.2, -0.15) is 0 Å². The average molecular weight is 313 g/mol. The number of nitrogens with zero attached hydrogens (tertiary/aromatic N) is 1. The lowest BCUT2D eigenvalue weighted by atomic mass is 9.95. The molecule has 1 aliphatic rings. The molecule has 2 aromatic rings. The molecule has 0 amide bonds. The van der Waals surface area contributed by atoms with E-state index in [9.17, 15) is 14.7 Å². The second kappa shape index (κ2) is 5.91. The van der Waals surface area contributed by atoms with E-state index in [1.807, 2.05) is 18.2 Å². The Labute approximate surface area is 134 Å². The number of aryl methyl sites for hydroxylation is 1. The van der Waals surface area contributed by atoms with Crippen LogP contribution in [0.3, 0.4) is 0 Å². The predicted molar refractivity (Wildman–Crippen MR) is 88.2 cm³/mol. The number of fused-ring (bicyclic) bond motifs is 1. The Morgan fingerprint density at radius 2 is 2.04 bits per heavy atom. The van der Waals surface area contributed by atoms with Crippen molar-refractivity contribution in [2.45, 2.75) is 32.7 Å². The first-order valence-electron chi connectivity index (χ1n) is 7.75. The van der Waals surface area contributed by atoms with Crippen LogP contribution in [0.2, 0.25) is 0 Å². The lowest BCUT2D eigenvalue weighted by Gasteiger charge is -2.35. The van der Waals surface area contributed by atoms with E-state index in [-0.39, 0.29) is 5.76 Å². The summed E-state index contributed by atoms with van der Waals surface area (Å²) in [6.45, 7) is 5.36. The van der Waals surface area contributed by atoms with Crippen molar-refractivity contribution in [3.05, 3.63) is 52.1 Å². The van der Waals surface area contributed by atoms with E-state index >= 15 is 0 Å². The van der Waals surface area contributed by atoms with Crippen LogP contribution < -0.4 is 10.5 Å². The van der Waals surface area contributed by atoms with Gasteiger partial charge in [0.1, 0.15) is 0 Å². The third kappa shape index (κ3) is 2.86. The molecule has 0 atom stereocenters. The van der Waals surface area contributed by atoms with Crippen LogP contribution in [0.5, 0.6) is 0 Å². The van der Waals surface area contributed by atoms with Gasteiger partial charge < -0.3 is 14.4 Å². The molecule has 1 aromatic heterocycles. The van der Waals surface area contributed by atoms with E-state index < -0.39 is 11.6 Å². The number of carbonyl (C=O) groups is 1. The lowest BCUT2D eigenvalue weighted by Crippen LogP contribution is -2.35. The van der Waals surface area contributed by atoms with Crippen LogP contribution in [0.15, 0.2) is 39.5 Å². The molecule has 0 saturated carbocycles. The highest BCUT2D eigenvalue weighted by Gasteiger charge is 2.21. The highest BCUT2D eigenvalue weighted by molar-refractivity contribution is 5.93. The summed E-state index contributed by atoms with van der Waals surface area (Å²) in [6, 6.07) is 9.11. The Morgan fingerprint density at radius 3 is 2.74 bits per heavy atom. The third-order valence-corrected chi connectivity index (χ3v) is 4.20. The normalized spacial score (nSPS) is 14.0. The standard InChI is InChI=1S/C18H19NO4/c1-11(2)19-9-3-4-13-10-12(5-7-15(13)19)14-6-8-16(20)23-17(14)18(21)22/h5-8,10-11H,3-4,9H2,1-2H3,(H,21,22). The minimum Gasteiger partial charge on any atom is -0.475 e. The number of hydrogen-bond donors (Lipinski definition) is 1. The van der Waals surface area contributed by atoms with Gasteiger partial charge in [0.05, 0.1) is 0 Å². The summed E-state index contributed by atoms with van der Waals surface area (Å²) >= 11 is 0. The van der Waals surface area contributed by atoms with Crippen molar-refractivity contribution in [1.82, 2.24) is 0 Å². The highest BCUT2D eigenvalue weighted by Crippen LogP contribution is 2.33. The zero-order valence-electron chi connectivity index (χ0n) is 13.2. The molecular formula is C18H19NO4. The summed E-state index contributed by atoms with van der Waals surface area (Å²) < 4.78 is 4.86. The summed E-state index contributed by atoms with van der Waals surface area (Å²) in [5.74, 6) is -1.55. The second-order valence-corrected chi connectivity index (χ2v) is 6.04. The lowest BCUT2D eigenvalue weighted by molar-refractivity contribution is 0.0658. The van der Waals surface area contributed by atoms with Gasteiger partial charge in [-0.3, -0.25) is 0 Å². The molecule has 0 fully saturated rings. The molecule has 3 rings (SSSR count). The molecule has 0 bridgehead atoms. The van der Waals surface area contributed by atoms with Crippen LogP contribution >= 0.6 is 0 Å². The first-order valence-corrected chi connectivity index (χ1v) is 7.75. The van der Waals surface area contributed by atoms with E-state index in [0.29, 0.717) is 11.6 Å². The van der Waals surface area contributed by atoms with E-state index in [2.05, 4.69) is 18.7 Å². The van der Waals surface area contributed by atoms with E-state index in [0.717, 1.165) is 24.9 Å². The number of aromatic carboxylic acids is 1. The third-order valence-electron chi connectivity index (χ3n) is 4.20. The molecule has 0 unspecified atom stereocenters. The number of benzene rings is 1. The van der Waals surface area contributed by atoms with E-state index in [1.165, 1.54) is 23.4 Å². The molecule has 0 aliphatic carbocycles. The van der Waals surface area contributed by atoms with Crippen LogP contribution in [-0.2, 0) is 6.42 Å². The number of carboxylic acids is 1.